The third kappa shape index (κ3) is 10.4. The topological polar surface area (TPSA) is 49.7 Å². The fraction of sp³-hybridized carbons (Fsp3) is 1.00. The van der Waals surface area contributed by atoms with Crippen molar-refractivity contribution >= 4 is 0 Å². The molecule has 0 amide bonds. The van der Waals surface area contributed by atoms with Crippen molar-refractivity contribution in [3.63, 3.8) is 0 Å². The number of rotatable bonds is 12. The Hall–Kier alpha value is -0.120. The summed E-state index contributed by atoms with van der Waals surface area (Å²) in [4.78, 5) is 0. The van der Waals surface area contributed by atoms with Crippen molar-refractivity contribution in [1.29, 1.82) is 0 Å². The van der Waals surface area contributed by atoms with Gasteiger partial charge in [-0.25, -0.2) is 0 Å². The fourth-order valence-electron chi connectivity index (χ4n) is 1.57. The summed E-state index contributed by atoms with van der Waals surface area (Å²) in [6.07, 6.45) is 8.96. The highest BCUT2D eigenvalue weighted by atomic mass is 16.5. The van der Waals surface area contributed by atoms with Crippen LogP contribution in [0.25, 0.3) is 0 Å². The Kier molecular flexibility index (Phi) is 12.9. The summed E-state index contributed by atoms with van der Waals surface area (Å²) in [6, 6.07) is 0. The van der Waals surface area contributed by atoms with E-state index in [2.05, 4.69) is 6.92 Å². The average Bonchev–Trinajstić information content (AvgIpc) is 2.32. The first-order valence-corrected chi connectivity index (χ1v) is 6.64. The molecule has 0 atom stereocenters. The summed E-state index contributed by atoms with van der Waals surface area (Å²) in [6.45, 7) is 3.47. The molecule has 0 aromatic carbocycles. The lowest BCUT2D eigenvalue weighted by Gasteiger charge is -2.10. The van der Waals surface area contributed by atoms with Gasteiger partial charge in [0.2, 0.25) is 0 Å². The first-order chi connectivity index (χ1) is 7.85. The quantitative estimate of drug-likeness (QED) is 0.508. The molecule has 16 heavy (non-hydrogen) atoms. The molecule has 0 aliphatic carbocycles. The van der Waals surface area contributed by atoms with Gasteiger partial charge in [-0.3, -0.25) is 0 Å². The smallest absolute Gasteiger partial charge is 0.0538 e. The summed E-state index contributed by atoms with van der Waals surface area (Å²) < 4.78 is 5.39. The van der Waals surface area contributed by atoms with Crippen LogP contribution in [0.15, 0.2) is 0 Å². The zero-order valence-corrected chi connectivity index (χ0v) is 10.7. The number of aliphatic hydroxyl groups is 2. The monoisotopic (exact) mass is 232 g/mol. The van der Waals surface area contributed by atoms with Crippen LogP contribution in [-0.2, 0) is 4.74 Å². The van der Waals surface area contributed by atoms with Gasteiger partial charge in [-0.15, -0.1) is 0 Å². The van der Waals surface area contributed by atoms with Crippen molar-refractivity contribution in [1.82, 2.24) is 0 Å². The molecule has 0 spiro atoms. The van der Waals surface area contributed by atoms with Crippen LogP contribution in [0.1, 0.15) is 51.9 Å². The second-order valence-electron chi connectivity index (χ2n) is 4.43. The van der Waals surface area contributed by atoms with E-state index in [1.54, 1.807) is 0 Å². The molecule has 0 rings (SSSR count). The highest BCUT2D eigenvalue weighted by Gasteiger charge is 2.04. The molecule has 0 saturated heterocycles. The zero-order valence-electron chi connectivity index (χ0n) is 10.7. The number of aliphatic hydroxyl groups excluding tert-OH is 2. The minimum Gasteiger partial charge on any atom is -0.396 e. The van der Waals surface area contributed by atoms with E-state index in [0.717, 1.165) is 13.0 Å². The van der Waals surface area contributed by atoms with Gasteiger partial charge in [-0.1, -0.05) is 45.4 Å². The predicted octanol–water partition coefficient (Wildman–Crippen LogP) is 2.35. The largest absolute Gasteiger partial charge is 0.396 e. The van der Waals surface area contributed by atoms with E-state index in [-0.39, 0.29) is 19.1 Å². The Morgan fingerprint density at radius 1 is 0.875 bits per heavy atom. The van der Waals surface area contributed by atoms with Crippen LogP contribution in [0.3, 0.4) is 0 Å². The Labute approximate surface area is 99.8 Å². The zero-order chi connectivity index (χ0) is 12.1. The van der Waals surface area contributed by atoms with Gasteiger partial charge < -0.3 is 14.9 Å². The Morgan fingerprint density at radius 2 is 1.44 bits per heavy atom. The van der Waals surface area contributed by atoms with E-state index in [4.69, 9.17) is 14.9 Å². The number of ether oxygens (including phenoxy) is 1. The van der Waals surface area contributed by atoms with Crippen LogP contribution < -0.4 is 0 Å². The van der Waals surface area contributed by atoms with Gasteiger partial charge >= 0.3 is 0 Å². The second-order valence-corrected chi connectivity index (χ2v) is 4.43. The van der Waals surface area contributed by atoms with Gasteiger partial charge in [0.05, 0.1) is 19.8 Å². The summed E-state index contributed by atoms with van der Waals surface area (Å²) >= 11 is 0. The van der Waals surface area contributed by atoms with E-state index in [0.29, 0.717) is 6.61 Å². The lowest BCUT2D eigenvalue weighted by Crippen LogP contribution is -2.18. The van der Waals surface area contributed by atoms with Gasteiger partial charge in [0.1, 0.15) is 0 Å². The molecule has 0 unspecified atom stereocenters. The Bertz CT molecular complexity index is 124. The van der Waals surface area contributed by atoms with E-state index in [1.165, 1.54) is 38.5 Å². The predicted molar refractivity (Wildman–Crippen MR) is 66.5 cm³/mol. The maximum Gasteiger partial charge on any atom is 0.0538 e. The minimum atomic E-state index is -0.107. The molecule has 3 nitrogen and oxygen atoms in total. The van der Waals surface area contributed by atoms with Gasteiger partial charge in [-0.05, 0) is 6.42 Å². The Morgan fingerprint density at radius 3 is 2.00 bits per heavy atom. The normalized spacial score (nSPS) is 11.2. The van der Waals surface area contributed by atoms with Crippen LogP contribution in [0.4, 0.5) is 0 Å². The van der Waals surface area contributed by atoms with E-state index in [1.807, 2.05) is 0 Å². The summed E-state index contributed by atoms with van der Waals surface area (Å²) in [7, 11) is 0. The molecular weight excluding hydrogens is 204 g/mol. The molecule has 0 aromatic heterocycles. The van der Waals surface area contributed by atoms with Crippen molar-refractivity contribution < 1.29 is 14.9 Å². The van der Waals surface area contributed by atoms with Crippen molar-refractivity contribution in [2.24, 2.45) is 5.92 Å². The van der Waals surface area contributed by atoms with E-state index < -0.39 is 0 Å². The molecule has 0 saturated carbocycles. The SMILES string of the molecule is CCCCCCCCCOCC(CO)CO. The molecule has 0 bridgehead atoms. The summed E-state index contributed by atoms with van der Waals surface area (Å²) in [5, 5.41) is 17.6. The number of hydrogen-bond donors (Lipinski definition) is 2. The maximum absolute atomic E-state index is 8.81. The van der Waals surface area contributed by atoms with Crippen LogP contribution in [0.2, 0.25) is 0 Å². The fourth-order valence-corrected chi connectivity index (χ4v) is 1.57. The van der Waals surface area contributed by atoms with E-state index in [9.17, 15) is 0 Å². The van der Waals surface area contributed by atoms with Crippen molar-refractivity contribution in [2.75, 3.05) is 26.4 Å². The molecule has 0 aliphatic rings. The standard InChI is InChI=1S/C13H28O3/c1-2-3-4-5-6-7-8-9-16-12-13(10-14)11-15/h13-15H,2-12H2,1H3. The van der Waals surface area contributed by atoms with Gasteiger partial charge in [0, 0.05) is 12.5 Å². The van der Waals surface area contributed by atoms with Crippen LogP contribution in [0.5, 0.6) is 0 Å². The third-order valence-electron chi connectivity index (χ3n) is 2.76. The number of hydrogen-bond acceptors (Lipinski definition) is 3. The lowest BCUT2D eigenvalue weighted by atomic mass is 10.1. The first-order valence-electron chi connectivity index (χ1n) is 6.64. The molecule has 98 valence electrons. The average molecular weight is 232 g/mol. The summed E-state index contributed by atoms with van der Waals surface area (Å²) in [5.74, 6) is -0.107. The molecular formula is C13H28O3. The molecule has 0 heterocycles. The Balaban J connectivity index is 3.03. The highest BCUT2D eigenvalue weighted by Crippen LogP contribution is 2.07. The molecule has 0 aliphatic heterocycles. The van der Waals surface area contributed by atoms with Gasteiger partial charge in [0.25, 0.3) is 0 Å². The van der Waals surface area contributed by atoms with Crippen molar-refractivity contribution in [3.8, 4) is 0 Å². The van der Waals surface area contributed by atoms with Crippen molar-refractivity contribution in [2.45, 2.75) is 51.9 Å². The van der Waals surface area contributed by atoms with Gasteiger partial charge in [0.15, 0.2) is 0 Å². The molecule has 3 heteroatoms. The molecule has 0 aromatic rings. The van der Waals surface area contributed by atoms with Crippen LogP contribution >= 0.6 is 0 Å². The van der Waals surface area contributed by atoms with E-state index >= 15 is 0 Å². The number of unbranched alkanes of at least 4 members (excludes halogenated alkanes) is 6. The highest BCUT2D eigenvalue weighted by molar-refractivity contribution is 4.53. The van der Waals surface area contributed by atoms with Crippen LogP contribution in [0, 0.1) is 5.92 Å². The van der Waals surface area contributed by atoms with Crippen molar-refractivity contribution in [3.05, 3.63) is 0 Å². The molecule has 0 fully saturated rings. The first kappa shape index (κ1) is 15.9. The second kappa shape index (κ2) is 12.9. The molecule has 0 radical (unpaired) electrons. The van der Waals surface area contributed by atoms with Crippen LogP contribution in [-0.4, -0.2) is 36.6 Å². The minimum absolute atomic E-state index is 0.00746. The third-order valence-corrected chi connectivity index (χ3v) is 2.76. The lowest BCUT2D eigenvalue weighted by molar-refractivity contribution is 0.0435. The summed E-state index contributed by atoms with van der Waals surface area (Å²) in [5.41, 5.74) is 0. The van der Waals surface area contributed by atoms with Gasteiger partial charge in [-0.2, -0.15) is 0 Å². The maximum atomic E-state index is 8.81. The molecule has 2 N–H and O–H groups in total.